The van der Waals surface area contributed by atoms with Crippen LogP contribution in [0.5, 0.6) is 0 Å². The number of nitrogens with zero attached hydrogens (tertiary/aromatic N) is 4. The molecular formula is C29H28Cl3N5O. The number of H-pyrrole nitrogens is 1. The molecule has 2 aromatic heterocycles. The summed E-state index contributed by atoms with van der Waals surface area (Å²) in [5.41, 5.74) is 6.09. The lowest BCUT2D eigenvalue weighted by molar-refractivity contribution is 0.0745. The molecule has 0 fully saturated rings. The Kier molecular flexibility index (Phi) is 9.75. The first-order chi connectivity index (χ1) is 17.2. The Morgan fingerprint density at radius 2 is 1.58 bits per heavy atom. The van der Waals surface area contributed by atoms with Crippen molar-refractivity contribution in [2.45, 2.75) is 13.1 Å². The number of aromatic nitrogens is 3. The molecule has 0 spiro atoms. The number of amides is 1. The summed E-state index contributed by atoms with van der Waals surface area (Å²) in [5, 5.41) is 2.05. The molecule has 0 saturated carbocycles. The summed E-state index contributed by atoms with van der Waals surface area (Å²) in [5.74, 6) is -0.0461. The van der Waals surface area contributed by atoms with Gasteiger partial charge in [0, 0.05) is 43.1 Å². The van der Waals surface area contributed by atoms with Crippen LogP contribution in [0.25, 0.3) is 21.9 Å². The fraction of sp³-hybridized carbons (Fsp3) is 0.138. The van der Waals surface area contributed by atoms with E-state index < -0.39 is 0 Å². The van der Waals surface area contributed by atoms with Gasteiger partial charge in [0.15, 0.2) is 0 Å². The lowest BCUT2D eigenvalue weighted by Gasteiger charge is -2.24. The van der Waals surface area contributed by atoms with Crippen LogP contribution in [-0.4, -0.2) is 38.8 Å². The third kappa shape index (κ3) is 5.94. The highest BCUT2D eigenvalue weighted by Gasteiger charge is 2.25. The Labute approximate surface area is 240 Å². The van der Waals surface area contributed by atoms with Gasteiger partial charge < -0.3 is 14.8 Å². The summed E-state index contributed by atoms with van der Waals surface area (Å²) in [6.07, 6.45) is 5.34. The summed E-state index contributed by atoms with van der Waals surface area (Å²) in [4.78, 5) is 29.7. The molecule has 6 nitrogen and oxygen atoms in total. The maximum atomic E-state index is 13.6. The Balaban J connectivity index is 0.00000133. The number of hydrogen-bond acceptors (Lipinski definition) is 4. The lowest BCUT2D eigenvalue weighted by Crippen LogP contribution is -2.35. The van der Waals surface area contributed by atoms with Crippen LogP contribution in [0, 0.1) is 0 Å². The van der Waals surface area contributed by atoms with Gasteiger partial charge in [-0.3, -0.25) is 9.78 Å². The van der Waals surface area contributed by atoms with Crippen LogP contribution in [0.1, 0.15) is 21.7 Å². The van der Waals surface area contributed by atoms with Gasteiger partial charge in [-0.15, -0.1) is 37.2 Å². The maximum Gasteiger partial charge on any atom is 0.272 e. The molecule has 0 radical (unpaired) electrons. The number of carbonyl (C=O) groups is 1. The molecule has 0 bridgehead atoms. The minimum atomic E-state index is -0.0461. The second-order valence-corrected chi connectivity index (χ2v) is 8.85. The highest BCUT2D eigenvalue weighted by atomic mass is 35.5. The molecule has 3 heterocycles. The summed E-state index contributed by atoms with van der Waals surface area (Å²) < 4.78 is 0. The molecular weight excluding hydrogens is 541 g/mol. The van der Waals surface area contributed by atoms with E-state index in [1.54, 1.807) is 12.5 Å². The number of pyridine rings is 1. The molecule has 1 N–H and O–H groups in total. The zero-order valence-electron chi connectivity index (χ0n) is 20.5. The minimum absolute atomic E-state index is 0. The molecule has 1 aliphatic rings. The molecule has 38 heavy (non-hydrogen) atoms. The number of benzene rings is 3. The maximum absolute atomic E-state index is 13.6. The smallest absolute Gasteiger partial charge is 0.272 e. The van der Waals surface area contributed by atoms with E-state index in [0.717, 1.165) is 45.4 Å². The predicted octanol–water partition coefficient (Wildman–Crippen LogP) is 6.55. The third-order valence-electron chi connectivity index (χ3n) is 6.58. The van der Waals surface area contributed by atoms with Crippen LogP contribution < -0.4 is 4.90 Å². The van der Waals surface area contributed by atoms with Gasteiger partial charge in [-0.25, -0.2) is 4.98 Å². The fourth-order valence-corrected chi connectivity index (χ4v) is 4.75. The Hall–Kier alpha value is -3.58. The van der Waals surface area contributed by atoms with Crippen LogP contribution in [0.3, 0.4) is 0 Å². The fourth-order valence-electron chi connectivity index (χ4n) is 4.75. The second-order valence-electron chi connectivity index (χ2n) is 8.85. The van der Waals surface area contributed by atoms with Crippen molar-refractivity contribution in [3.8, 4) is 11.1 Å². The van der Waals surface area contributed by atoms with Crippen molar-refractivity contribution in [1.82, 2.24) is 19.9 Å². The van der Waals surface area contributed by atoms with E-state index in [2.05, 4.69) is 50.2 Å². The van der Waals surface area contributed by atoms with E-state index in [9.17, 15) is 4.79 Å². The largest absolute Gasteiger partial charge is 0.364 e. The zero-order chi connectivity index (χ0) is 23.6. The zero-order valence-corrected chi connectivity index (χ0v) is 22.9. The molecule has 0 unspecified atom stereocenters. The van der Waals surface area contributed by atoms with Gasteiger partial charge in [0.2, 0.25) is 0 Å². The molecule has 6 rings (SSSR count). The normalized spacial score (nSPS) is 12.4. The average Bonchev–Trinajstić information content (AvgIpc) is 3.36. The number of aromatic amines is 1. The average molecular weight is 569 g/mol. The highest BCUT2D eigenvalue weighted by molar-refractivity contribution is 5.96. The Morgan fingerprint density at radius 1 is 0.816 bits per heavy atom. The number of anilines is 1. The first-order valence-corrected chi connectivity index (χ1v) is 11.8. The molecule has 0 aliphatic carbocycles. The standard InChI is InChI=1S/C29H25N5O.3ClH/c35-29(27-15-22-8-4-5-9-24(22)16-31-27)34-13-12-33(19-26-17-30-20-32-26)28-11-10-23(14-25(28)18-34)21-6-2-1-3-7-21;;;/h1-11,14-17,20H,12-13,18-19H2,(H,30,32);3*1H. The number of hydrogen-bond donors (Lipinski definition) is 1. The van der Waals surface area contributed by atoms with E-state index in [4.69, 9.17) is 0 Å². The minimum Gasteiger partial charge on any atom is -0.364 e. The van der Waals surface area contributed by atoms with Gasteiger partial charge in [0.25, 0.3) is 5.91 Å². The van der Waals surface area contributed by atoms with Crippen molar-refractivity contribution in [3.63, 3.8) is 0 Å². The van der Waals surface area contributed by atoms with Gasteiger partial charge in [-0.2, -0.15) is 0 Å². The van der Waals surface area contributed by atoms with Crippen molar-refractivity contribution in [3.05, 3.63) is 115 Å². The SMILES string of the molecule is Cl.Cl.Cl.O=C(c1cc2ccccc2cn1)N1CCN(Cc2cnc[nH]2)c2ccc(-c3ccccc3)cc2C1. The number of nitrogens with one attached hydrogen (secondary N) is 1. The van der Waals surface area contributed by atoms with Crippen molar-refractivity contribution in [1.29, 1.82) is 0 Å². The molecule has 1 amide bonds. The van der Waals surface area contributed by atoms with E-state index in [1.165, 1.54) is 0 Å². The molecule has 196 valence electrons. The summed E-state index contributed by atoms with van der Waals surface area (Å²) >= 11 is 0. The monoisotopic (exact) mass is 567 g/mol. The molecule has 5 aromatic rings. The number of fused-ring (bicyclic) bond motifs is 2. The van der Waals surface area contributed by atoms with E-state index in [-0.39, 0.29) is 43.1 Å². The van der Waals surface area contributed by atoms with Crippen molar-refractivity contribution < 1.29 is 4.79 Å². The molecule has 0 atom stereocenters. The van der Waals surface area contributed by atoms with E-state index in [0.29, 0.717) is 25.3 Å². The summed E-state index contributed by atoms with van der Waals surface area (Å²) in [6.45, 7) is 2.56. The molecule has 3 aromatic carbocycles. The molecule has 0 saturated heterocycles. The first-order valence-electron chi connectivity index (χ1n) is 11.8. The first kappa shape index (κ1) is 29.0. The predicted molar refractivity (Wildman–Crippen MR) is 160 cm³/mol. The number of carbonyl (C=O) groups excluding carboxylic acids is 1. The van der Waals surface area contributed by atoms with Gasteiger partial charge in [-0.05, 0) is 40.3 Å². The lowest BCUT2D eigenvalue weighted by atomic mass is 10.0. The van der Waals surface area contributed by atoms with Crippen LogP contribution in [0.15, 0.2) is 97.6 Å². The van der Waals surface area contributed by atoms with Gasteiger partial charge in [-0.1, -0.05) is 60.7 Å². The number of imidazole rings is 1. The Morgan fingerprint density at radius 3 is 2.34 bits per heavy atom. The summed E-state index contributed by atoms with van der Waals surface area (Å²) in [6, 6.07) is 26.8. The van der Waals surface area contributed by atoms with Crippen LogP contribution >= 0.6 is 37.2 Å². The topological polar surface area (TPSA) is 65.1 Å². The third-order valence-corrected chi connectivity index (χ3v) is 6.58. The second kappa shape index (κ2) is 12.8. The van der Waals surface area contributed by atoms with E-state index >= 15 is 0 Å². The van der Waals surface area contributed by atoms with Gasteiger partial charge in [0.05, 0.1) is 18.6 Å². The van der Waals surface area contributed by atoms with Crippen LogP contribution in [0.2, 0.25) is 0 Å². The molecule has 9 heteroatoms. The van der Waals surface area contributed by atoms with E-state index in [1.807, 2.05) is 59.6 Å². The number of halogens is 3. The van der Waals surface area contributed by atoms with Gasteiger partial charge in [0.1, 0.15) is 5.69 Å². The quantitative estimate of drug-likeness (QED) is 0.267. The van der Waals surface area contributed by atoms with Crippen molar-refractivity contribution >= 4 is 59.6 Å². The van der Waals surface area contributed by atoms with Crippen molar-refractivity contribution in [2.24, 2.45) is 0 Å². The van der Waals surface area contributed by atoms with Crippen molar-refractivity contribution in [2.75, 3.05) is 18.0 Å². The highest BCUT2D eigenvalue weighted by Crippen LogP contribution is 2.32. The summed E-state index contributed by atoms with van der Waals surface area (Å²) in [7, 11) is 0. The molecule has 1 aliphatic heterocycles. The van der Waals surface area contributed by atoms with Crippen LogP contribution in [0.4, 0.5) is 5.69 Å². The number of rotatable bonds is 4. The Bertz CT molecular complexity index is 1500. The van der Waals surface area contributed by atoms with Crippen LogP contribution in [-0.2, 0) is 13.1 Å². The van der Waals surface area contributed by atoms with Gasteiger partial charge >= 0.3 is 0 Å².